The zero-order valence-electron chi connectivity index (χ0n) is 12.2. The van der Waals surface area contributed by atoms with E-state index in [0.717, 1.165) is 0 Å². The van der Waals surface area contributed by atoms with E-state index >= 15 is 0 Å². The summed E-state index contributed by atoms with van der Waals surface area (Å²) >= 11 is 0. The predicted molar refractivity (Wildman–Crippen MR) is 77.4 cm³/mol. The zero-order valence-corrected chi connectivity index (χ0v) is 12.2. The monoisotopic (exact) mass is 296 g/mol. The minimum Gasteiger partial charge on any atom is -0.481 e. The van der Waals surface area contributed by atoms with Crippen LogP contribution in [0.4, 0.5) is 9.18 Å². The van der Waals surface area contributed by atoms with E-state index in [4.69, 9.17) is 5.11 Å². The third kappa shape index (κ3) is 6.25. The normalized spacial score (nSPS) is 13.3. The standard InChI is InChI=1S/C15H21FN2O3/c1-10(6-5-9-14(19)20)17-15(21)18-11(2)12-7-3-4-8-13(12)16/h3-4,7-8,10-11H,5-6,9H2,1-2H3,(H,19,20)(H2,17,18,21). The molecule has 2 unspecified atom stereocenters. The maximum absolute atomic E-state index is 13.6. The Bertz CT molecular complexity index is 494. The summed E-state index contributed by atoms with van der Waals surface area (Å²) in [4.78, 5) is 22.2. The molecule has 116 valence electrons. The van der Waals surface area contributed by atoms with Crippen molar-refractivity contribution in [2.45, 2.75) is 45.2 Å². The number of benzene rings is 1. The second kappa shape index (κ2) is 8.24. The van der Waals surface area contributed by atoms with Gasteiger partial charge in [0.1, 0.15) is 5.82 Å². The molecule has 0 spiro atoms. The van der Waals surface area contributed by atoms with Gasteiger partial charge in [-0.25, -0.2) is 9.18 Å². The first-order valence-electron chi connectivity index (χ1n) is 6.93. The van der Waals surface area contributed by atoms with Crippen LogP contribution in [-0.4, -0.2) is 23.1 Å². The molecular weight excluding hydrogens is 275 g/mol. The highest BCUT2D eigenvalue weighted by Crippen LogP contribution is 2.15. The molecular formula is C15H21FN2O3. The highest BCUT2D eigenvalue weighted by Gasteiger charge is 2.14. The maximum Gasteiger partial charge on any atom is 0.315 e. The van der Waals surface area contributed by atoms with Gasteiger partial charge in [0, 0.05) is 18.0 Å². The lowest BCUT2D eigenvalue weighted by molar-refractivity contribution is -0.137. The molecule has 0 aliphatic carbocycles. The SMILES string of the molecule is CC(CCCC(=O)O)NC(=O)NC(C)c1ccccc1F. The van der Waals surface area contributed by atoms with Gasteiger partial charge in [0.2, 0.25) is 0 Å². The van der Waals surface area contributed by atoms with E-state index in [1.165, 1.54) is 6.07 Å². The van der Waals surface area contributed by atoms with Crippen molar-refractivity contribution in [3.8, 4) is 0 Å². The molecule has 5 nitrogen and oxygen atoms in total. The van der Waals surface area contributed by atoms with E-state index in [1.807, 2.05) is 0 Å². The van der Waals surface area contributed by atoms with Crippen molar-refractivity contribution >= 4 is 12.0 Å². The average Bonchev–Trinajstić information content (AvgIpc) is 2.38. The van der Waals surface area contributed by atoms with E-state index in [0.29, 0.717) is 18.4 Å². The second-order valence-electron chi connectivity index (χ2n) is 5.05. The average molecular weight is 296 g/mol. The van der Waals surface area contributed by atoms with Crippen LogP contribution in [0.3, 0.4) is 0 Å². The van der Waals surface area contributed by atoms with Gasteiger partial charge >= 0.3 is 12.0 Å². The molecule has 1 aromatic carbocycles. The number of hydrogen-bond donors (Lipinski definition) is 3. The Morgan fingerprint density at radius 1 is 1.24 bits per heavy atom. The highest BCUT2D eigenvalue weighted by molar-refractivity contribution is 5.74. The van der Waals surface area contributed by atoms with Crippen molar-refractivity contribution in [1.29, 1.82) is 0 Å². The number of aliphatic carboxylic acids is 1. The lowest BCUT2D eigenvalue weighted by atomic mass is 10.1. The number of carbonyl (C=O) groups is 2. The molecule has 21 heavy (non-hydrogen) atoms. The topological polar surface area (TPSA) is 78.4 Å². The zero-order chi connectivity index (χ0) is 15.8. The highest BCUT2D eigenvalue weighted by atomic mass is 19.1. The Morgan fingerprint density at radius 2 is 1.90 bits per heavy atom. The first-order chi connectivity index (χ1) is 9.90. The van der Waals surface area contributed by atoms with Crippen molar-refractivity contribution in [2.75, 3.05) is 0 Å². The number of carbonyl (C=O) groups excluding carboxylic acids is 1. The third-order valence-corrected chi connectivity index (χ3v) is 3.12. The molecule has 1 aromatic rings. The molecule has 0 fully saturated rings. The van der Waals surface area contributed by atoms with Crippen LogP contribution < -0.4 is 10.6 Å². The smallest absolute Gasteiger partial charge is 0.315 e. The van der Waals surface area contributed by atoms with E-state index in [-0.39, 0.29) is 18.3 Å². The fraction of sp³-hybridized carbons (Fsp3) is 0.467. The molecule has 2 amide bonds. The molecule has 0 bridgehead atoms. The van der Waals surface area contributed by atoms with Crippen molar-refractivity contribution in [1.82, 2.24) is 10.6 Å². The molecule has 0 aliphatic heterocycles. The summed E-state index contributed by atoms with van der Waals surface area (Å²) in [5, 5.41) is 13.9. The van der Waals surface area contributed by atoms with Crippen molar-refractivity contribution in [2.24, 2.45) is 0 Å². The first kappa shape index (κ1) is 16.9. The minimum atomic E-state index is -0.847. The Kier molecular flexibility index (Phi) is 6.65. The number of carboxylic acids is 1. The molecule has 0 saturated carbocycles. The largest absolute Gasteiger partial charge is 0.481 e. The number of nitrogens with one attached hydrogen (secondary N) is 2. The van der Waals surface area contributed by atoms with E-state index in [1.54, 1.807) is 32.0 Å². The fourth-order valence-corrected chi connectivity index (χ4v) is 2.00. The van der Waals surface area contributed by atoms with E-state index in [2.05, 4.69) is 10.6 Å². The van der Waals surface area contributed by atoms with Crippen molar-refractivity contribution in [3.05, 3.63) is 35.6 Å². The summed E-state index contributed by atoms with van der Waals surface area (Å²) < 4.78 is 13.6. The van der Waals surface area contributed by atoms with Crippen LogP contribution in [0.25, 0.3) is 0 Å². The Labute approximate surface area is 123 Å². The molecule has 3 N–H and O–H groups in total. The number of rotatable bonds is 7. The summed E-state index contributed by atoms with van der Waals surface area (Å²) in [6, 6.07) is 5.29. The number of urea groups is 1. The maximum atomic E-state index is 13.6. The molecule has 0 heterocycles. The Balaban J connectivity index is 2.39. The van der Waals surface area contributed by atoms with Crippen LogP contribution in [0.5, 0.6) is 0 Å². The Morgan fingerprint density at radius 3 is 2.52 bits per heavy atom. The quantitative estimate of drug-likeness (QED) is 0.724. The number of carboxylic acid groups (broad SMARTS) is 1. The van der Waals surface area contributed by atoms with Gasteiger partial charge in [-0.3, -0.25) is 4.79 Å². The summed E-state index contributed by atoms with van der Waals surface area (Å²) in [6.45, 7) is 3.50. The van der Waals surface area contributed by atoms with Crippen LogP contribution in [0, 0.1) is 5.82 Å². The van der Waals surface area contributed by atoms with Gasteiger partial charge in [-0.15, -0.1) is 0 Å². The van der Waals surface area contributed by atoms with Gasteiger partial charge < -0.3 is 15.7 Å². The van der Waals surface area contributed by atoms with Gasteiger partial charge in [-0.2, -0.15) is 0 Å². The minimum absolute atomic E-state index is 0.0826. The molecule has 2 atom stereocenters. The Hall–Kier alpha value is -2.11. The van der Waals surface area contributed by atoms with E-state index < -0.39 is 18.0 Å². The van der Waals surface area contributed by atoms with Crippen LogP contribution in [-0.2, 0) is 4.79 Å². The van der Waals surface area contributed by atoms with Crippen LogP contribution in [0.15, 0.2) is 24.3 Å². The lowest BCUT2D eigenvalue weighted by Gasteiger charge is -2.18. The number of halogens is 1. The molecule has 0 radical (unpaired) electrons. The van der Waals surface area contributed by atoms with Crippen LogP contribution in [0.1, 0.15) is 44.7 Å². The third-order valence-electron chi connectivity index (χ3n) is 3.12. The fourth-order valence-electron chi connectivity index (χ4n) is 2.00. The van der Waals surface area contributed by atoms with Gasteiger partial charge in [0.05, 0.1) is 6.04 Å². The van der Waals surface area contributed by atoms with Crippen LogP contribution in [0.2, 0.25) is 0 Å². The lowest BCUT2D eigenvalue weighted by Crippen LogP contribution is -2.41. The van der Waals surface area contributed by atoms with Gasteiger partial charge in [-0.1, -0.05) is 18.2 Å². The van der Waals surface area contributed by atoms with Gasteiger partial charge in [0.25, 0.3) is 0 Å². The van der Waals surface area contributed by atoms with E-state index in [9.17, 15) is 14.0 Å². The summed E-state index contributed by atoms with van der Waals surface area (Å²) in [7, 11) is 0. The molecule has 0 saturated heterocycles. The van der Waals surface area contributed by atoms with Gasteiger partial charge in [-0.05, 0) is 32.8 Å². The summed E-state index contributed by atoms with van der Waals surface area (Å²) in [6.07, 6.45) is 1.16. The molecule has 0 aromatic heterocycles. The molecule has 0 aliphatic rings. The van der Waals surface area contributed by atoms with Crippen LogP contribution >= 0.6 is 0 Å². The molecule has 6 heteroatoms. The van der Waals surface area contributed by atoms with Crippen molar-refractivity contribution < 1.29 is 19.1 Å². The predicted octanol–water partition coefficient (Wildman–Crippen LogP) is 2.83. The van der Waals surface area contributed by atoms with Crippen molar-refractivity contribution in [3.63, 3.8) is 0 Å². The second-order valence-corrected chi connectivity index (χ2v) is 5.05. The number of amides is 2. The summed E-state index contributed by atoms with van der Waals surface area (Å²) in [5.41, 5.74) is 0.422. The number of hydrogen-bond acceptors (Lipinski definition) is 2. The van der Waals surface area contributed by atoms with Gasteiger partial charge in [0.15, 0.2) is 0 Å². The first-order valence-corrected chi connectivity index (χ1v) is 6.93. The molecule has 1 rings (SSSR count). The summed E-state index contributed by atoms with van der Waals surface area (Å²) in [5.74, 6) is -1.21.